The number of benzene rings is 3. The molecule has 0 fully saturated rings. The fourth-order valence-corrected chi connectivity index (χ4v) is 4.58. The van der Waals surface area contributed by atoms with Crippen molar-refractivity contribution in [2.24, 2.45) is 0 Å². The van der Waals surface area contributed by atoms with E-state index in [1.165, 1.54) is 0 Å². The second-order valence-corrected chi connectivity index (χ2v) is 10.3. The first-order valence-electron chi connectivity index (χ1n) is 12.8. The highest BCUT2D eigenvalue weighted by molar-refractivity contribution is 6.35. The van der Waals surface area contributed by atoms with Gasteiger partial charge in [0.1, 0.15) is 11.8 Å². The van der Waals surface area contributed by atoms with E-state index in [-0.39, 0.29) is 24.8 Å². The van der Waals surface area contributed by atoms with Gasteiger partial charge in [0.05, 0.1) is 6.61 Å². The summed E-state index contributed by atoms with van der Waals surface area (Å²) in [5.41, 5.74) is 1.69. The minimum Gasteiger partial charge on any atom is -0.494 e. The summed E-state index contributed by atoms with van der Waals surface area (Å²) in [6, 6.07) is 21.3. The summed E-state index contributed by atoms with van der Waals surface area (Å²) in [7, 11) is 0. The maximum Gasteiger partial charge on any atom is 0.243 e. The molecular weight excluding hydrogens is 543 g/mol. The van der Waals surface area contributed by atoms with E-state index < -0.39 is 6.04 Å². The van der Waals surface area contributed by atoms with Gasteiger partial charge in [-0.1, -0.05) is 84.5 Å². The van der Waals surface area contributed by atoms with Crippen molar-refractivity contribution in [3.8, 4) is 5.75 Å². The van der Waals surface area contributed by atoms with Crippen LogP contribution in [0.2, 0.25) is 15.1 Å². The highest BCUT2D eigenvalue weighted by atomic mass is 35.5. The van der Waals surface area contributed by atoms with E-state index in [4.69, 9.17) is 39.5 Å². The van der Waals surface area contributed by atoms with Crippen LogP contribution < -0.4 is 10.1 Å². The molecule has 38 heavy (non-hydrogen) atoms. The van der Waals surface area contributed by atoms with Crippen LogP contribution >= 0.6 is 34.8 Å². The molecule has 0 radical (unpaired) electrons. The van der Waals surface area contributed by atoms with Crippen LogP contribution in [0.1, 0.15) is 43.7 Å². The third kappa shape index (κ3) is 9.54. The molecule has 0 saturated heterocycles. The van der Waals surface area contributed by atoms with Gasteiger partial charge in [-0.05, 0) is 60.4 Å². The summed E-state index contributed by atoms with van der Waals surface area (Å²) in [5.74, 6) is 0.351. The van der Waals surface area contributed by atoms with Crippen LogP contribution in [0.5, 0.6) is 5.75 Å². The Morgan fingerprint density at radius 2 is 1.63 bits per heavy atom. The van der Waals surface area contributed by atoms with Gasteiger partial charge < -0.3 is 15.0 Å². The van der Waals surface area contributed by atoms with Crippen LogP contribution in [-0.2, 0) is 22.6 Å². The Bertz CT molecular complexity index is 1170. The number of carbonyl (C=O) groups excluding carboxylic acids is 2. The predicted octanol–water partition coefficient (Wildman–Crippen LogP) is 7.36. The fraction of sp³-hybridized carbons (Fsp3) is 0.333. The smallest absolute Gasteiger partial charge is 0.243 e. The molecule has 0 saturated carbocycles. The van der Waals surface area contributed by atoms with E-state index >= 15 is 0 Å². The van der Waals surface area contributed by atoms with Crippen molar-refractivity contribution in [1.82, 2.24) is 10.2 Å². The molecule has 3 aromatic rings. The van der Waals surface area contributed by atoms with E-state index in [0.29, 0.717) is 46.8 Å². The molecule has 0 aromatic heterocycles. The molecule has 8 heteroatoms. The molecule has 202 valence electrons. The molecule has 3 rings (SSSR count). The second kappa shape index (κ2) is 15.6. The monoisotopic (exact) mass is 574 g/mol. The van der Waals surface area contributed by atoms with Crippen LogP contribution in [0.15, 0.2) is 72.8 Å². The molecule has 0 aliphatic heterocycles. The largest absolute Gasteiger partial charge is 0.494 e. The highest BCUT2D eigenvalue weighted by Gasteiger charge is 2.30. The maximum atomic E-state index is 13.7. The molecule has 0 bridgehead atoms. The summed E-state index contributed by atoms with van der Waals surface area (Å²) >= 11 is 18.5. The van der Waals surface area contributed by atoms with E-state index in [1.807, 2.05) is 30.3 Å². The van der Waals surface area contributed by atoms with Gasteiger partial charge in [0.2, 0.25) is 11.8 Å². The van der Waals surface area contributed by atoms with Crippen molar-refractivity contribution in [3.63, 3.8) is 0 Å². The molecule has 0 spiro atoms. The van der Waals surface area contributed by atoms with E-state index in [9.17, 15) is 9.59 Å². The van der Waals surface area contributed by atoms with E-state index in [0.717, 1.165) is 24.0 Å². The SMILES string of the molecule is CCCCNC(=O)[C@H](Cc1ccccc1)N(Cc1ccc(Cl)cc1Cl)C(=O)CCCOc1ccc(Cl)cc1. The zero-order valence-electron chi connectivity index (χ0n) is 21.5. The molecule has 0 aliphatic rings. The quantitative estimate of drug-likeness (QED) is 0.204. The number of hydrogen-bond acceptors (Lipinski definition) is 3. The van der Waals surface area contributed by atoms with Gasteiger partial charge in [-0.3, -0.25) is 9.59 Å². The Hall–Kier alpha value is -2.73. The molecule has 5 nitrogen and oxygen atoms in total. The Balaban J connectivity index is 1.80. The average molecular weight is 576 g/mol. The minimum atomic E-state index is -0.703. The summed E-state index contributed by atoms with van der Waals surface area (Å²) < 4.78 is 5.77. The second-order valence-electron chi connectivity index (χ2n) is 9.01. The number of unbranched alkanes of at least 4 members (excludes halogenated alkanes) is 1. The lowest BCUT2D eigenvalue weighted by molar-refractivity contribution is -0.141. The van der Waals surface area contributed by atoms with Crippen LogP contribution in [0, 0.1) is 0 Å². The van der Waals surface area contributed by atoms with Crippen molar-refractivity contribution < 1.29 is 14.3 Å². The van der Waals surface area contributed by atoms with Crippen LogP contribution in [0.25, 0.3) is 0 Å². The minimum absolute atomic E-state index is 0.151. The predicted molar refractivity (Wildman–Crippen MR) is 155 cm³/mol. The van der Waals surface area contributed by atoms with Crippen molar-refractivity contribution >= 4 is 46.6 Å². The molecule has 1 atom stereocenters. The first-order valence-corrected chi connectivity index (χ1v) is 13.9. The topological polar surface area (TPSA) is 58.6 Å². The lowest BCUT2D eigenvalue weighted by atomic mass is 10.0. The number of carbonyl (C=O) groups is 2. The first kappa shape index (κ1) is 29.8. The van der Waals surface area contributed by atoms with Crippen LogP contribution in [-0.4, -0.2) is 35.9 Å². The molecule has 2 amide bonds. The number of nitrogens with one attached hydrogen (secondary N) is 1. The number of halogens is 3. The zero-order valence-corrected chi connectivity index (χ0v) is 23.7. The van der Waals surface area contributed by atoms with Gasteiger partial charge in [0.15, 0.2) is 0 Å². The fourth-order valence-electron chi connectivity index (χ4n) is 3.98. The molecule has 0 heterocycles. The Kier molecular flexibility index (Phi) is 12.3. The van der Waals surface area contributed by atoms with Gasteiger partial charge in [-0.15, -0.1) is 0 Å². The lowest BCUT2D eigenvalue weighted by Crippen LogP contribution is -2.50. The Morgan fingerprint density at radius 1 is 0.921 bits per heavy atom. The summed E-state index contributed by atoms with van der Waals surface area (Å²) in [6.07, 6.45) is 2.91. The van der Waals surface area contributed by atoms with Crippen molar-refractivity contribution in [2.45, 2.75) is 51.6 Å². The van der Waals surface area contributed by atoms with Gasteiger partial charge in [-0.25, -0.2) is 0 Å². The number of ether oxygens (including phenoxy) is 1. The number of nitrogens with zero attached hydrogens (tertiary/aromatic N) is 1. The third-order valence-corrected chi connectivity index (χ3v) is 6.91. The average Bonchev–Trinajstić information content (AvgIpc) is 2.91. The van der Waals surface area contributed by atoms with Crippen molar-refractivity contribution in [2.75, 3.05) is 13.2 Å². The standard InChI is InChI=1S/C30H33Cl3N2O3/c1-2-3-17-34-30(37)28(19-22-8-5-4-6-9-22)35(21-23-11-12-25(32)20-27(23)33)29(36)10-7-18-38-26-15-13-24(31)14-16-26/h4-6,8-9,11-16,20,28H,2-3,7,10,17-19,21H2,1H3,(H,34,37)/t28-/m0/s1. The van der Waals surface area contributed by atoms with Gasteiger partial charge in [-0.2, -0.15) is 0 Å². The zero-order chi connectivity index (χ0) is 27.3. The normalized spacial score (nSPS) is 11.6. The third-order valence-electron chi connectivity index (χ3n) is 6.07. The first-order chi connectivity index (χ1) is 18.4. The maximum absolute atomic E-state index is 13.7. The van der Waals surface area contributed by atoms with E-state index in [1.54, 1.807) is 47.4 Å². The number of rotatable bonds is 14. The van der Waals surface area contributed by atoms with Crippen LogP contribution in [0.3, 0.4) is 0 Å². The van der Waals surface area contributed by atoms with Crippen molar-refractivity contribution in [3.05, 3.63) is 99.0 Å². The van der Waals surface area contributed by atoms with Gasteiger partial charge in [0.25, 0.3) is 0 Å². The summed E-state index contributed by atoms with van der Waals surface area (Å²) in [6.45, 7) is 3.16. The number of hydrogen-bond donors (Lipinski definition) is 1. The van der Waals surface area contributed by atoms with E-state index in [2.05, 4.69) is 12.2 Å². The molecule has 0 aliphatic carbocycles. The van der Waals surface area contributed by atoms with Crippen LogP contribution in [0.4, 0.5) is 0 Å². The Labute approximate surface area is 240 Å². The van der Waals surface area contributed by atoms with Gasteiger partial charge in [0, 0.05) is 41.0 Å². The number of amides is 2. The molecular formula is C30H33Cl3N2O3. The molecule has 0 unspecified atom stereocenters. The molecule has 1 N–H and O–H groups in total. The van der Waals surface area contributed by atoms with Gasteiger partial charge >= 0.3 is 0 Å². The highest BCUT2D eigenvalue weighted by Crippen LogP contribution is 2.25. The summed E-state index contributed by atoms with van der Waals surface area (Å²) in [4.78, 5) is 28.7. The lowest BCUT2D eigenvalue weighted by Gasteiger charge is -2.32. The van der Waals surface area contributed by atoms with Crippen molar-refractivity contribution in [1.29, 1.82) is 0 Å². The summed E-state index contributed by atoms with van der Waals surface area (Å²) in [5, 5.41) is 4.61. The Morgan fingerprint density at radius 3 is 2.32 bits per heavy atom. The molecule has 3 aromatic carbocycles.